The summed E-state index contributed by atoms with van der Waals surface area (Å²) in [6, 6.07) is 1.80. The number of nitrogens with one attached hydrogen (secondary N) is 1. The standard InChI is InChI=1S/C11H16N2.C5H6N2/c1-11(9-4-5-9)6-7-12-10(13-11)8-2-3-8;1-5-6-3-2-4-7-5/h6-9H,2-5H2,1H3,(H,12,13);2-4H,1H3. The van der Waals surface area contributed by atoms with E-state index in [0.717, 1.165) is 17.7 Å². The number of aliphatic imine (C=N–C) groups is 1. The number of rotatable bonds is 2. The van der Waals surface area contributed by atoms with Crippen LogP contribution in [0, 0.1) is 18.8 Å². The van der Waals surface area contributed by atoms with Crippen LogP contribution in [0.1, 0.15) is 38.4 Å². The van der Waals surface area contributed by atoms with E-state index in [1.165, 1.54) is 31.5 Å². The molecule has 4 heteroatoms. The molecule has 0 radical (unpaired) electrons. The maximum atomic E-state index is 4.86. The lowest BCUT2D eigenvalue weighted by molar-refractivity contribution is 0.501. The molecule has 1 N–H and O–H groups in total. The lowest BCUT2D eigenvalue weighted by atomic mass is 9.95. The van der Waals surface area contributed by atoms with E-state index in [9.17, 15) is 0 Å². The summed E-state index contributed by atoms with van der Waals surface area (Å²) in [6.07, 6.45) is 13.2. The van der Waals surface area contributed by atoms with E-state index < -0.39 is 0 Å². The van der Waals surface area contributed by atoms with Crippen LogP contribution >= 0.6 is 0 Å². The fourth-order valence-electron chi connectivity index (χ4n) is 2.46. The van der Waals surface area contributed by atoms with Crippen molar-refractivity contribution in [1.29, 1.82) is 0 Å². The molecule has 0 bridgehead atoms. The molecule has 3 aliphatic rings. The highest BCUT2D eigenvalue weighted by Crippen LogP contribution is 2.44. The molecule has 106 valence electrons. The van der Waals surface area contributed by atoms with Gasteiger partial charge in [0.05, 0.1) is 5.54 Å². The topological polar surface area (TPSA) is 50.2 Å². The Labute approximate surface area is 120 Å². The Bertz CT molecular complexity index is 515. The van der Waals surface area contributed by atoms with Crippen LogP contribution < -0.4 is 5.32 Å². The minimum atomic E-state index is 0.128. The predicted molar refractivity (Wildman–Crippen MR) is 80.3 cm³/mol. The highest BCUT2D eigenvalue weighted by Gasteiger charge is 2.42. The van der Waals surface area contributed by atoms with Gasteiger partial charge in [0.25, 0.3) is 0 Å². The lowest BCUT2D eigenvalue weighted by Gasteiger charge is -2.26. The van der Waals surface area contributed by atoms with Gasteiger partial charge in [0.2, 0.25) is 0 Å². The maximum absolute atomic E-state index is 4.86. The van der Waals surface area contributed by atoms with Crippen LogP contribution in [0.15, 0.2) is 35.7 Å². The van der Waals surface area contributed by atoms with Crippen molar-refractivity contribution in [2.45, 2.75) is 45.1 Å². The molecule has 2 fully saturated rings. The Morgan fingerprint density at radius 1 is 1.15 bits per heavy atom. The lowest BCUT2D eigenvalue weighted by Crippen LogP contribution is -2.34. The average Bonchev–Trinajstić information content (AvgIpc) is 3.32. The van der Waals surface area contributed by atoms with Gasteiger partial charge in [-0.15, -0.1) is 0 Å². The molecule has 1 aromatic heterocycles. The zero-order valence-electron chi connectivity index (χ0n) is 12.2. The first-order valence-corrected chi connectivity index (χ1v) is 7.45. The van der Waals surface area contributed by atoms with Gasteiger partial charge in [-0.3, -0.25) is 4.99 Å². The van der Waals surface area contributed by atoms with Crippen molar-refractivity contribution in [3.63, 3.8) is 0 Å². The van der Waals surface area contributed by atoms with Gasteiger partial charge >= 0.3 is 0 Å². The first-order chi connectivity index (χ1) is 9.67. The quantitative estimate of drug-likeness (QED) is 0.899. The summed E-state index contributed by atoms with van der Waals surface area (Å²) in [5.74, 6) is 3.64. The second-order valence-corrected chi connectivity index (χ2v) is 6.05. The molecule has 4 nitrogen and oxygen atoms in total. The second kappa shape index (κ2) is 5.35. The number of hydrogen-bond acceptors (Lipinski definition) is 4. The third kappa shape index (κ3) is 3.24. The van der Waals surface area contributed by atoms with Crippen LogP contribution in [0.5, 0.6) is 0 Å². The van der Waals surface area contributed by atoms with Crippen molar-refractivity contribution in [3.8, 4) is 0 Å². The summed E-state index contributed by atoms with van der Waals surface area (Å²) < 4.78 is 0. The van der Waals surface area contributed by atoms with E-state index in [0.29, 0.717) is 0 Å². The Morgan fingerprint density at radius 2 is 1.85 bits per heavy atom. The minimum absolute atomic E-state index is 0.128. The number of aromatic nitrogens is 2. The summed E-state index contributed by atoms with van der Waals surface area (Å²) >= 11 is 0. The van der Waals surface area contributed by atoms with Gasteiger partial charge in [-0.05, 0) is 57.6 Å². The second-order valence-electron chi connectivity index (χ2n) is 6.05. The fraction of sp³-hybridized carbons (Fsp3) is 0.562. The van der Waals surface area contributed by atoms with Gasteiger partial charge in [-0.1, -0.05) is 0 Å². The van der Waals surface area contributed by atoms with Crippen LogP contribution in [0.3, 0.4) is 0 Å². The highest BCUT2D eigenvalue weighted by molar-refractivity contribution is 5.88. The molecule has 0 aromatic carbocycles. The smallest absolute Gasteiger partial charge is 0.125 e. The molecular weight excluding hydrogens is 248 g/mol. The third-order valence-corrected chi connectivity index (χ3v) is 4.08. The van der Waals surface area contributed by atoms with E-state index >= 15 is 0 Å². The maximum Gasteiger partial charge on any atom is 0.125 e. The summed E-state index contributed by atoms with van der Waals surface area (Å²) in [4.78, 5) is 12.6. The van der Waals surface area contributed by atoms with E-state index in [4.69, 9.17) is 4.99 Å². The van der Waals surface area contributed by atoms with Gasteiger partial charge in [0.1, 0.15) is 11.7 Å². The molecule has 2 saturated carbocycles. The molecule has 2 heterocycles. The molecule has 1 aromatic rings. The third-order valence-electron chi connectivity index (χ3n) is 4.08. The number of hydrogen-bond donors (Lipinski definition) is 1. The van der Waals surface area contributed by atoms with Crippen LogP contribution in [0.4, 0.5) is 0 Å². The van der Waals surface area contributed by atoms with Crippen LogP contribution in [-0.4, -0.2) is 21.3 Å². The largest absolute Gasteiger partial charge is 0.350 e. The molecule has 2 aliphatic carbocycles. The SMILES string of the molecule is CC1(C2CC2)C=CNC(C2CC2)=N1.Cc1ncccn1. The zero-order chi connectivity index (χ0) is 14.0. The highest BCUT2D eigenvalue weighted by atomic mass is 15.1. The molecule has 1 unspecified atom stereocenters. The summed E-state index contributed by atoms with van der Waals surface area (Å²) in [5, 5.41) is 3.29. The number of amidine groups is 1. The molecule has 20 heavy (non-hydrogen) atoms. The van der Waals surface area contributed by atoms with Crippen molar-refractivity contribution >= 4 is 5.84 Å². The minimum Gasteiger partial charge on any atom is -0.350 e. The Kier molecular flexibility index (Phi) is 3.55. The van der Waals surface area contributed by atoms with E-state index in [2.05, 4.69) is 34.5 Å². The van der Waals surface area contributed by atoms with Crippen molar-refractivity contribution < 1.29 is 0 Å². The van der Waals surface area contributed by atoms with Crippen LogP contribution in [0.25, 0.3) is 0 Å². The number of aryl methyl sites for hydroxylation is 1. The van der Waals surface area contributed by atoms with Crippen LogP contribution in [-0.2, 0) is 0 Å². The molecule has 0 amide bonds. The summed E-state index contributed by atoms with van der Waals surface area (Å²) in [7, 11) is 0. The molecule has 0 spiro atoms. The van der Waals surface area contributed by atoms with Crippen molar-refractivity contribution in [2.24, 2.45) is 16.8 Å². The first kappa shape index (κ1) is 13.3. The first-order valence-electron chi connectivity index (χ1n) is 7.45. The molecule has 0 saturated heterocycles. The fourth-order valence-corrected chi connectivity index (χ4v) is 2.46. The molecule has 1 aliphatic heterocycles. The van der Waals surface area contributed by atoms with Gasteiger partial charge in [-0.25, -0.2) is 9.97 Å². The zero-order valence-corrected chi connectivity index (χ0v) is 12.2. The average molecular weight is 270 g/mol. The van der Waals surface area contributed by atoms with Gasteiger partial charge in [-0.2, -0.15) is 0 Å². The Hall–Kier alpha value is -1.71. The summed E-state index contributed by atoms with van der Waals surface area (Å²) in [6.45, 7) is 4.13. The Balaban J connectivity index is 0.000000147. The number of nitrogens with zero attached hydrogens (tertiary/aromatic N) is 3. The van der Waals surface area contributed by atoms with E-state index in [-0.39, 0.29) is 5.54 Å². The normalized spacial score (nSPS) is 28.0. The summed E-state index contributed by atoms with van der Waals surface area (Å²) in [5.41, 5.74) is 0.128. The Morgan fingerprint density at radius 3 is 2.35 bits per heavy atom. The molecule has 1 atom stereocenters. The van der Waals surface area contributed by atoms with Crippen molar-refractivity contribution in [2.75, 3.05) is 0 Å². The van der Waals surface area contributed by atoms with E-state index in [1.807, 2.05) is 6.92 Å². The van der Waals surface area contributed by atoms with Gasteiger partial charge in [0.15, 0.2) is 0 Å². The molecule has 4 rings (SSSR count). The predicted octanol–water partition coefficient (Wildman–Crippen LogP) is 2.87. The van der Waals surface area contributed by atoms with Crippen molar-refractivity contribution in [3.05, 3.63) is 36.6 Å². The van der Waals surface area contributed by atoms with Crippen molar-refractivity contribution in [1.82, 2.24) is 15.3 Å². The van der Waals surface area contributed by atoms with Gasteiger partial charge < -0.3 is 5.32 Å². The molecular formula is C16H22N4. The van der Waals surface area contributed by atoms with E-state index in [1.54, 1.807) is 18.5 Å². The monoisotopic (exact) mass is 270 g/mol. The van der Waals surface area contributed by atoms with Gasteiger partial charge in [0, 0.05) is 24.5 Å². The van der Waals surface area contributed by atoms with Crippen LogP contribution in [0.2, 0.25) is 0 Å².